The van der Waals surface area contributed by atoms with E-state index in [4.69, 9.17) is 10.5 Å². The molecule has 0 radical (unpaired) electrons. The number of anilines is 1. The van der Waals surface area contributed by atoms with E-state index in [-0.39, 0.29) is 23.4 Å². The van der Waals surface area contributed by atoms with Gasteiger partial charge in [0.05, 0.1) is 23.5 Å². The summed E-state index contributed by atoms with van der Waals surface area (Å²) in [6.07, 6.45) is 0.154. The van der Waals surface area contributed by atoms with Gasteiger partial charge < -0.3 is 15.6 Å². The molecule has 3 aromatic rings. The van der Waals surface area contributed by atoms with Crippen LogP contribution < -0.4 is 10.5 Å². The number of nitrogens with two attached hydrogens (primary N) is 1. The van der Waals surface area contributed by atoms with Gasteiger partial charge in [0.1, 0.15) is 11.5 Å². The molecule has 6 nitrogen and oxygen atoms in total. The molecule has 0 aliphatic heterocycles. The van der Waals surface area contributed by atoms with Crippen LogP contribution in [0.15, 0.2) is 36.4 Å². The Morgan fingerprint density at radius 2 is 1.76 bits per heavy atom. The predicted molar refractivity (Wildman–Crippen MR) is 123 cm³/mol. The molecule has 180 valence electrons. The van der Waals surface area contributed by atoms with E-state index in [1.54, 1.807) is 13.0 Å². The topological polar surface area (TPSA) is 94.2 Å². The fourth-order valence-electron chi connectivity index (χ4n) is 4.25. The maximum Gasteiger partial charge on any atom is 0.280 e. The Hall–Kier alpha value is -3.20. The lowest BCUT2D eigenvalue weighted by Gasteiger charge is -2.32. The van der Waals surface area contributed by atoms with E-state index in [9.17, 15) is 18.3 Å². The minimum Gasteiger partial charge on any atom is -0.477 e. The molecule has 2 aromatic heterocycles. The Bertz CT molecular complexity index is 1160. The van der Waals surface area contributed by atoms with Crippen LogP contribution in [0.5, 0.6) is 5.88 Å². The highest BCUT2D eigenvalue weighted by Crippen LogP contribution is 2.40. The molecule has 0 bridgehead atoms. The van der Waals surface area contributed by atoms with Gasteiger partial charge in [-0.25, -0.2) is 18.2 Å². The quantitative estimate of drug-likeness (QED) is 0.493. The van der Waals surface area contributed by atoms with Crippen LogP contribution in [0.2, 0.25) is 0 Å². The number of aromatic nitrogens is 3. The SMILES string of the molecule is Cc1cc(-c2c(OCC3CCC(C)(O)CC3)nc(N)nc2-c2ccc(F)cc2)cc(C(F)F)n1. The molecule has 1 aliphatic rings. The highest BCUT2D eigenvalue weighted by atomic mass is 19.3. The number of alkyl halides is 2. The van der Waals surface area contributed by atoms with E-state index in [1.807, 2.05) is 6.92 Å². The Morgan fingerprint density at radius 3 is 2.41 bits per heavy atom. The molecule has 0 amide bonds. The molecule has 4 rings (SSSR count). The van der Waals surface area contributed by atoms with E-state index in [2.05, 4.69) is 15.0 Å². The zero-order valence-corrected chi connectivity index (χ0v) is 19.1. The lowest BCUT2D eigenvalue weighted by molar-refractivity contribution is 0.00132. The second-order valence-electron chi connectivity index (χ2n) is 9.09. The summed E-state index contributed by atoms with van der Waals surface area (Å²) in [5, 5.41) is 10.2. The van der Waals surface area contributed by atoms with Gasteiger partial charge in [-0.3, -0.25) is 4.98 Å². The summed E-state index contributed by atoms with van der Waals surface area (Å²) in [5.74, 6) is -0.106. The fraction of sp³-hybridized carbons (Fsp3) is 0.400. The van der Waals surface area contributed by atoms with Crippen molar-refractivity contribution in [2.45, 2.75) is 51.6 Å². The van der Waals surface area contributed by atoms with E-state index < -0.39 is 17.8 Å². The number of ether oxygens (including phenoxy) is 1. The average Bonchev–Trinajstić information content (AvgIpc) is 2.78. The number of aryl methyl sites for hydroxylation is 1. The van der Waals surface area contributed by atoms with Gasteiger partial charge in [-0.2, -0.15) is 4.98 Å². The predicted octanol–water partition coefficient (Wildman–Crippen LogP) is 5.49. The summed E-state index contributed by atoms with van der Waals surface area (Å²) >= 11 is 0. The van der Waals surface area contributed by atoms with Crippen molar-refractivity contribution in [1.29, 1.82) is 0 Å². The zero-order chi connectivity index (χ0) is 24.5. The largest absolute Gasteiger partial charge is 0.477 e. The second kappa shape index (κ2) is 9.58. The monoisotopic (exact) mass is 472 g/mol. The lowest BCUT2D eigenvalue weighted by Crippen LogP contribution is -2.32. The second-order valence-corrected chi connectivity index (χ2v) is 9.09. The van der Waals surface area contributed by atoms with E-state index in [0.717, 1.165) is 12.8 Å². The first-order chi connectivity index (χ1) is 16.1. The third kappa shape index (κ3) is 5.47. The van der Waals surface area contributed by atoms with Crippen molar-refractivity contribution < 1.29 is 23.0 Å². The van der Waals surface area contributed by atoms with Gasteiger partial charge in [-0.05, 0) is 87.4 Å². The standard InChI is InChI=1S/C25H27F3N4O2/c1-14-11-17(12-19(30-14)22(27)28)20-21(16-3-5-18(26)6-4-16)31-24(29)32-23(20)34-13-15-7-9-25(2,33)10-8-15/h3-6,11-12,15,22,33H,7-10,13H2,1-2H3,(H2,29,31,32). The molecule has 0 unspecified atom stereocenters. The number of benzene rings is 1. The zero-order valence-electron chi connectivity index (χ0n) is 19.1. The maximum atomic E-state index is 13.6. The molecule has 2 heterocycles. The summed E-state index contributed by atoms with van der Waals surface area (Å²) in [5.41, 5.74) is 7.01. The number of halogens is 3. The van der Waals surface area contributed by atoms with Crippen molar-refractivity contribution in [1.82, 2.24) is 15.0 Å². The van der Waals surface area contributed by atoms with E-state index in [1.165, 1.54) is 30.3 Å². The van der Waals surface area contributed by atoms with E-state index >= 15 is 0 Å². The van der Waals surface area contributed by atoms with Crippen LogP contribution in [0, 0.1) is 18.7 Å². The van der Waals surface area contributed by atoms with Crippen molar-refractivity contribution in [3.63, 3.8) is 0 Å². The molecule has 1 aliphatic carbocycles. The van der Waals surface area contributed by atoms with Crippen LogP contribution in [0.1, 0.15) is 50.4 Å². The first kappa shape index (κ1) is 23.9. The van der Waals surface area contributed by atoms with Crippen molar-refractivity contribution >= 4 is 5.95 Å². The van der Waals surface area contributed by atoms with Gasteiger partial charge in [0.15, 0.2) is 0 Å². The van der Waals surface area contributed by atoms with Gasteiger partial charge in [0.2, 0.25) is 11.8 Å². The maximum absolute atomic E-state index is 13.6. The number of rotatable bonds is 6. The molecule has 9 heteroatoms. The van der Waals surface area contributed by atoms with Gasteiger partial charge in [0, 0.05) is 11.3 Å². The first-order valence-corrected chi connectivity index (χ1v) is 11.2. The number of nitrogen functional groups attached to an aromatic ring is 1. The Morgan fingerprint density at radius 1 is 1.09 bits per heavy atom. The summed E-state index contributed by atoms with van der Waals surface area (Å²) in [6, 6.07) is 8.58. The normalized spacial score (nSPS) is 20.5. The molecule has 1 saturated carbocycles. The summed E-state index contributed by atoms with van der Waals surface area (Å²) in [7, 11) is 0. The molecule has 34 heavy (non-hydrogen) atoms. The number of hydrogen-bond donors (Lipinski definition) is 2. The van der Waals surface area contributed by atoms with Crippen molar-refractivity contribution in [3.8, 4) is 28.3 Å². The van der Waals surface area contributed by atoms with Crippen LogP contribution in [0.3, 0.4) is 0 Å². The fourth-order valence-corrected chi connectivity index (χ4v) is 4.25. The summed E-state index contributed by atoms with van der Waals surface area (Å²) < 4.78 is 46.7. The molecular formula is C25H27F3N4O2. The number of hydrogen-bond acceptors (Lipinski definition) is 6. The number of nitrogens with zero attached hydrogens (tertiary/aromatic N) is 3. The minimum atomic E-state index is -2.76. The van der Waals surface area contributed by atoms with Crippen LogP contribution in [-0.4, -0.2) is 32.3 Å². The molecule has 1 fully saturated rings. The van der Waals surface area contributed by atoms with Crippen LogP contribution in [-0.2, 0) is 0 Å². The van der Waals surface area contributed by atoms with E-state index in [0.29, 0.717) is 47.5 Å². The lowest BCUT2D eigenvalue weighted by atomic mass is 9.80. The van der Waals surface area contributed by atoms with Gasteiger partial charge in [0.25, 0.3) is 6.43 Å². The van der Waals surface area contributed by atoms with Crippen LogP contribution in [0.4, 0.5) is 19.1 Å². The van der Waals surface area contributed by atoms with Crippen LogP contribution in [0.25, 0.3) is 22.4 Å². The van der Waals surface area contributed by atoms with Gasteiger partial charge in [-0.1, -0.05) is 0 Å². The Kier molecular flexibility index (Phi) is 6.74. The first-order valence-electron chi connectivity index (χ1n) is 11.2. The minimum absolute atomic E-state index is 0.0514. The average molecular weight is 473 g/mol. The van der Waals surface area contributed by atoms with Gasteiger partial charge in [-0.15, -0.1) is 0 Å². The third-order valence-electron chi connectivity index (χ3n) is 6.13. The van der Waals surface area contributed by atoms with Crippen molar-refractivity contribution in [2.75, 3.05) is 12.3 Å². The molecular weight excluding hydrogens is 445 g/mol. The summed E-state index contributed by atoms with van der Waals surface area (Å²) in [6.45, 7) is 3.78. The van der Waals surface area contributed by atoms with Crippen molar-refractivity contribution in [3.05, 3.63) is 53.6 Å². The molecule has 1 aromatic carbocycles. The Balaban J connectivity index is 1.78. The molecule has 0 atom stereocenters. The van der Waals surface area contributed by atoms with Crippen LogP contribution >= 0.6 is 0 Å². The van der Waals surface area contributed by atoms with Gasteiger partial charge >= 0.3 is 0 Å². The highest BCUT2D eigenvalue weighted by molar-refractivity contribution is 5.85. The smallest absolute Gasteiger partial charge is 0.280 e. The molecule has 0 spiro atoms. The number of aliphatic hydroxyl groups is 1. The Labute approximate surface area is 196 Å². The number of pyridine rings is 1. The molecule has 0 saturated heterocycles. The third-order valence-corrected chi connectivity index (χ3v) is 6.13. The molecule has 3 N–H and O–H groups in total. The van der Waals surface area contributed by atoms with Crippen molar-refractivity contribution in [2.24, 2.45) is 5.92 Å². The highest BCUT2D eigenvalue weighted by Gasteiger charge is 2.29. The summed E-state index contributed by atoms with van der Waals surface area (Å²) in [4.78, 5) is 12.6.